The fourth-order valence-corrected chi connectivity index (χ4v) is 6.44. The summed E-state index contributed by atoms with van der Waals surface area (Å²) in [6.45, 7) is 1.62. The number of hydrogen-bond donors (Lipinski definition) is 5. The van der Waals surface area contributed by atoms with E-state index in [1.165, 1.54) is 43.8 Å². The number of carbonyl (C=O) groups excluding carboxylic acids is 4. The predicted octanol–water partition coefficient (Wildman–Crippen LogP) is 8.97. The first-order valence-corrected chi connectivity index (χ1v) is 20.9. The Hall–Kier alpha value is -8.03. The maximum Gasteiger partial charge on any atom is 0.573 e. The van der Waals surface area contributed by atoms with Gasteiger partial charge in [-0.2, -0.15) is 0 Å². The average molecular weight is 970 g/mol. The first-order valence-electron chi connectivity index (χ1n) is 20.2. The molecule has 0 spiro atoms. The molecule has 4 amide bonds. The van der Waals surface area contributed by atoms with Gasteiger partial charge in [-0.1, -0.05) is 47.5 Å². The van der Waals surface area contributed by atoms with Crippen molar-refractivity contribution in [3.8, 4) is 11.5 Å². The lowest BCUT2D eigenvalue weighted by Gasteiger charge is -2.16. The van der Waals surface area contributed by atoms with Crippen molar-refractivity contribution in [3.05, 3.63) is 165 Å². The quantitative estimate of drug-likeness (QED) is 0.0448. The first-order chi connectivity index (χ1) is 32.4. The molecule has 16 nitrogen and oxygen atoms in total. The Morgan fingerprint density at radius 1 is 0.647 bits per heavy atom. The van der Waals surface area contributed by atoms with Gasteiger partial charge in [0.05, 0.1) is 39.7 Å². The number of carbonyl (C=O) groups is 4. The monoisotopic (exact) mass is 968 g/mol. The van der Waals surface area contributed by atoms with Crippen LogP contribution in [0.3, 0.4) is 0 Å². The van der Waals surface area contributed by atoms with Crippen molar-refractivity contribution < 1.29 is 41.8 Å². The van der Waals surface area contributed by atoms with Crippen molar-refractivity contribution in [2.45, 2.75) is 6.36 Å². The predicted molar refractivity (Wildman–Crippen MR) is 254 cm³/mol. The third-order valence-electron chi connectivity index (χ3n) is 9.60. The molecule has 2 aromatic heterocycles. The van der Waals surface area contributed by atoms with Crippen LogP contribution in [-0.2, 0) is 0 Å². The van der Waals surface area contributed by atoms with Crippen LogP contribution in [0.15, 0.2) is 127 Å². The van der Waals surface area contributed by atoms with E-state index in [-0.39, 0.29) is 34.1 Å². The van der Waals surface area contributed by atoms with Gasteiger partial charge < -0.3 is 40.5 Å². The van der Waals surface area contributed by atoms with Gasteiger partial charge in [0.1, 0.15) is 34.8 Å². The summed E-state index contributed by atoms with van der Waals surface area (Å²) in [7, 11) is 7.02. The molecule has 1 fully saturated rings. The largest absolute Gasteiger partial charge is 0.573 e. The third-order valence-corrected chi connectivity index (χ3v) is 10.0. The molecule has 0 atom stereocenters. The van der Waals surface area contributed by atoms with Crippen LogP contribution in [0, 0.1) is 5.41 Å². The van der Waals surface area contributed by atoms with Gasteiger partial charge in [-0.3, -0.25) is 29.6 Å². The number of nitrogens with zero attached hydrogens (tertiary/aromatic N) is 5. The Morgan fingerprint density at radius 2 is 1.09 bits per heavy atom. The number of amidine groups is 2. The SMILES string of the molecule is CN=C(c1ccc(C(=O)Nc2ccc(OC)cc2C(=O)Nc2ccc(Cl)cn2)cc1)N(C)C.N=C(c1ccc(C(=O)Nc2ccc(OC(F)(F)F)cc2C(=O)Nc2ccc(Cl)cn2)cc1)N1CC1. The number of aliphatic imine (C=N–C) groups is 1. The van der Waals surface area contributed by atoms with E-state index in [1.54, 1.807) is 61.6 Å². The number of nitrogens with one attached hydrogen (secondary N) is 5. The normalized spacial score (nSPS) is 11.8. The molecule has 6 aromatic rings. The molecule has 1 aliphatic rings. The van der Waals surface area contributed by atoms with Crippen molar-refractivity contribution in [3.63, 3.8) is 0 Å². The Labute approximate surface area is 397 Å². The molecule has 4 aromatic carbocycles. The molecule has 0 bridgehead atoms. The highest BCUT2D eigenvalue weighted by Crippen LogP contribution is 2.29. The van der Waals surface area contributed by atoms with Crippen LogP contribution in [0.2, 0.25) is 10.0 Å². The number of methoxy groups -OCH3 is 1. The van der Waals surface area contributed by atoms with E-state index >= 15 is 0 Å². The molecule has 5 N–H and O–H groups in total. The zero-order valence-corrected chi connectivity index (χ0v) is 38.0. The number of benzene rings is 4. The van der Waals surface area contributed by atoms with Crippen molar-refractivity contribution in [1.82, 2.24) is 19.8 Å². The van der Waals surface area contributed by atoms with Gasteiger partial charge in [-0.15, -0.1) is 13.2 Å². The molecule has 1 saturated heterocycles. The van der Waals surface area contributed by atoms with Crippen LogP contribution in [0.25, 0.3) is 0 Å². The van der Waals surface area contributed by atoms with Crippen LogP contribution in [-0.4, -0.2) is 103 Å². The number of rotatable bonds is 12. The maximum absolute atomic E-state index is 12.9. The van der Waals surface area contributed by atoms with Gasteiger partial charge >= 0.3 is 6.36 Å². The molecule has 0 saturated carbocycles. The number of aromatic nitrogens is 2. The summed E-state index contributed by atoms with van der Waals surface area (Å²) in [5, 5.41) is 19.3. The van der Waals surface area contributed by atoms with E-state index in [9.17, 15) is 32.3 Å². The van der Waals surface area contributed by atoms with Gasteiger partial charge in [0.15, 0.2) is 0 Å². The van der Waals surface area contributed by atoms with Crippen LogP contribution in [0.4, 0.5) is 36.2 Å². The maximum atomic E-state index is 12.9. The molecular weight excluding hydrogens is 928 g/mol. The first kappa shape index (κ1) is 49.4. The molecular formula is C47H41Cl2F3N10O6. The lowest BCUT2D eigenvalue weighted by atomic mass is 10.1. The summed E-state index contributed by atoms with van der Waals surface area (Å²) >= 11 is 11.6. The minimum Gasteiger partial charge on any atom is -0.497 e. The van der Waals surface area contributed by atoms with Gasteiger partial charge in [0.25, 0.3) is 23.6 Å². The van der Waals surface area contributed by atoms with Crippen LogP contribution >= 0.6 is 23.2 Å². The van der Waals surface area contributed by atoms with E-state index in [0.717, 1.165) is 42.7 Å². The van der Waals surface area contributed by atoms with E-state index in [4.69, 9.17) is 33.3 Å². The summed E-state index contributed by atoms with van der Waals surface area (Å²) in [5.74, 6) is -0.821. The van der Waals surface area contributed by atoms with E-state index < -0.39 is 29.8 Å². The Balaban J connectivity index is 0.000000224. The highest BCUT2D eigenvalue weighted by molar-refractivity contribution is 6.30. The second-order valence-electron chi connectivity index (χ2n) is 14.6. The van der Waals surface area contributed by atoms with Crippen molar-refractivity contribution in [2.24, 2.45) is 4.99 Å². The van der Waals surface area contributed by atoms with Gasteiger partial charge in [0.2, 0.25) is 0 Å². The number of amides is 4. The molecule has 0 unspecified atom stereocenters. The lowest BCUT2D eigenvalue weighted by molar-refractivity contribution is -0.274. The standard InChI is InChI=1S/C24H24ClN5O3.C23H17ClF3N5O3/c1-26-22(30(2)3)15-5-7-16(8-6-15)23(31)28-20-11-10-18(33-4)13-19(20)24(32)29-21-12-9-17(25)14-27-21;24-15-5-8-19(29-12-15)31-22(34)17-11-16(35-23(25,26)27)6-7-18(17)30-21(33)14-3-1-13(2-4-14)20(28)32-9-10-32/h5-14H,1-4H3,(H,28,31)(H,27,29,32);1-8,11-12,28H,9-10H2,(H,30,33)(H,29,31,34). The van der Waals surface area contributed by atoms with Crippen LogP contribution < -0.4 is 30.7 Å². The van der Waals surface area contributed by atoms with E-state index in [0.29, 0.717) is 44.3 Å². The summed E-state index contributed by atoms with van der Waals surface area (Å²) in [6, 6.07) is 27.2. The van der Waals surface area contributed by atoms with Crippen molar-refractivity contribution >= 4 is 81.5 Å². The highest BCUT2D eigenvalue weighted by Gasteiger charge is 2.32. The van der Waals surface area contributed by atoms with Crippen LogP contribution in [0.5, 0.6) is 11.5 Å². The topological polar surface area (TPSA) is 203 Å². The van der Waals surface area contributed by atoms with Crippen molar-refractivity contribution in [1.29, 1.82) is 5.41 Å². The summed E-state index contributed by atoms with van der Waals surface area (Å²) in [6.07, 6.45) is -2.25. The summed E-state index contributed by atoms with van der Waals surface area (Å²) in [5.41, 5.74) is 2.43. The molecule has 0 aliphatic carbocycles. The Bertz CT molecular complexity index is 2840. The zero-order chi connectivity index (χ0) is 49.1. The molecule has 68 heavy (non-hydrogen) atoms. The molecule has 7 rings (SSSR count). The number of pyridine rings is 2. The molecule has 350 valence electrons. The smallest absolute Gasteiger partial charge is 0.497 e. The number of halogens is 5. The van der Waals surface area contributed by atoms with E-state index in [1.807, 2.05) is 36.0 Å². The lowest BCUT2D eigenvalue weighted by Crippen LogP contribution is -2.23. The Kier molecular flexibility index (Phi) is 16.0. The fraction of sp³-hybridized carbons (Fsp3) is 0.149. The van der Waals surface area contributed by atoms with Gasteiger partial charge in [-0.05, 0) is 84.9 Å². The average Bonchev–Trinajstić information content (AvgIpc) is 4.17. The van der Waals surface area contributed by atoms with Crippen LogP contribution in [0.1, 0.15) is 52.6 Å². The number of anilines is 4. The zero-order valence-electron chi connectivity index (χ0n) is 36.5. The fourth-order valence-electron chi connectivity index (χ4n) is 6.21. The molecule has 1 aliphatic heterocycles. The van der Waals surface area contributed by atoms with Gasteiger partial charge in [0, 0.05) is 68.9 Å². The summed E-state index contributed by atoms with van der Waals surface area (Å²) in [4.78, 5) is 67.4. The second-order valence-corrected chi connectivity index (χ2v) is 15.5. The van der Waals surface area contributed by atoms with Gasteiger partial charge in [-0.25, -0.2) is 9.97 Å². The minimum atomic E-state index is -4.97. The summed E-state index contributed by atoms with van der Waals surface area (Å²) < 4.78 is 47.3. The highest BCUT2D eigenvalue weighted by atomic mass is 35.5. The number of hydrogen-bond acceptors (Lipinski definition) is 10. The van der Waals surface area contributed by atoms with Crippen molar-refractivity contribution in [2.75, 3.05) is 62.6 Å². The Morgan fingerprint density at radius 3 is 1.49 bits per heavy atom. The second kappa shape index (κ2) is 22.0. The third kappa shape index (κ3) is 13.5. The minimum absolute atomic E-state index is 0.0445. The molecule has 0 radical (unpaired) electrons. The number of alkyl halides is 3. The molecule has 21 heteroatoms. The molecule has 3 heterocycles. The van der Waals surface area contributed by atoms with E-state index in [2.05, 4.69) is 41.0 Å². The number of ether oxygens (including phenoxy) is 2.